The van der Waals surface area contributed by atoms with Gasteiger partial charge < -0.3 is 10.4 Å². The van der Waals surface area contributed by atoms with Crippen LogP contribution in [0.4, 0.5) is 14.5 Å². The first-order chi connectivity index (χ1) is 11.8. The molecule has 1 saturated heterocycles. The average Bonchev–Trinajstić information content (AvgIpc) is 2.56. The number of carbonyl (C=O) groups excluding carboxylic acids is 1. The van der Waals surface area contributed by atoms with E-state index >= 15 is 0 Å². The van der Waals surface area contributed by atoms with E-state index in [9.17, 15) is 18.4 Å². The first-order valence-electron chi connectivity index (χ1n) is 8.20. The quantitative estimate of drug-likeness (QED) is 0.814. The second-order valence-electron chi connectivity index (χ2n) is 6.37. The molecule has 2 N–H and O–H groups in total. The number of anilines is 1. The summed E-state index contributed by atoms with van der Waals surface area (Å²) >= 11 is 0. The van der Waals surface area contributed by atoms with Gasteiger partial charge in [-0.2, -0.15) is 0 Å². The highest BCUT2D eigenvalue weighted by atomic mass is 19.1. The highest BCUT2D eigenvalue weighted by molar-refractivity contribution is 5.94. The number of likely N-dealkylation sites (N-methyl/N-ethyl adjacent to an activating group) is 1. The topological polar surface area (TPSA) is 72.9 Å². The summed E-state index contributed by atoms with van der Waals surface area (Å²) in [5.74, 6) is -2.73. The van der Waals surface area contributed by atoms with Crippen molar-refractivity contribution in [2.45, 2.75) is 31.8 Å². The van der Waals surface area contributed by atoms with Crippen molar-refractivity contribution in [3.05, 3.63) is 29.8 Å². The van der Waals surface area contributed by atoms with Gasteiger partial charge in [0.05, 0.1) is 18.3 Å². The van der Waals surface area contributed by atoms with Crippen LogP contribution in [0.5, 0.6) is 0 Å². The van der Waals surface area contributed by atoms with Crippen LogP contribution in [-0.2, 0) is 9.59 Å². The smallest absolute Gasteiger partial charge is 0.317 e. The molecular formula is C17H23F2N3O3. The lowest BCUT2D eigenvalue weighted by atomic mass is 10.0. The minimum absolute atomic E-state index is 0.00938. The lowest BCUT2D eigenvalue weighted by Crippen LogP contribution is -2.50. The number of rotatable bonds is 6. The molecular weight excluding hydrogens is 332 g/mol. The fourth-order valence-corrected chi connectivity index (χ4v) is 3.05. The van der Waals surface area contributed by atoms with Crippen molar-refractivity contribution >= 4 is 17.6 Å². The van der Waals surface area contributed by atoms with E-state index in [-0.39, 0.29) is 24.2 Å². The maximum absolute atomic E-state index is 13.6. The number of amides is 1. The molecule has 1 heterocycles. The monoisotopic (exact) mass is 355 g/mol. The van der Waals surface area contributed by atoms with Crippen LogP contribution in [0.15, 0.2) is 18.2 Å². The number of hydrogen-bond acceptors (Lipinski definition) is 4. The Labute approximate surface area is 145 Å². The number of benzene rings is 1. The summed E-state index contributed by atoms with van der Waals surface area (Å²) < 4.78 is 26.6. The molecule has 0 aliphatic carbocycles. The molecule has 1 aliphatic rings. The van der Waals surface area contributed by atoms with Crippen LogP contribution < -0.4 is 5.32 Å². The molecule has 6 nitrogen and oxygen atoms in total. The minimum Gasteiger partial charge on any atom is -0.480 e. The number of carbonyl (C=O) groups is 2. The van der Waals surface area contributed by atoms with Gasteiger partial charge in [0.1, 0.15) is 11.6 Å². The van der Waals surface area contributed by atoms with E-state index in [2.05, 4.69) is 5.32 Å². The van der Waals surface area contributed by atoms with Crippen molar-refractivity contribution in [3.63, 3.8) is 0 Å². The number of piperidine rings is 1. The van der Waals surface area contributed by atoms with Crippen LogP contribution in [0.1, 0.15) is 19.8 Å². The average molecular weight is 355 g/mol. The number of aliphatic carboxylic acids is 1. The van der Waals surface area contributed by atoms with Crippen LogP contribution in [-0.4, -0.2) is 65.5 Å². The number of nitrogens with one attached hydrogen (secondary N) is 1. The molecule has 138 valence electrons. The van der Waals surface area contributed by atoms with E-state index in [1.165, 1.54) is 6.07 Å². The van der Waals surface area contributed by atoms with E-state index in [1.54, 1.807) is 18.9 Å². The predicted molar refractivity (Wildman–Crippen MR) is 89.3 cm³/mol. The fraction of sp³-hybridized carbons (Fsp3) is 0.529. The van der Waals surface area contributed by atoms with Crippen molar-refractivity contribution in [2.75, 3.05) is 32.0 Å². The fourth-order valence-electron chi connectivity index (χ4n) is 3.05. The number of hydrogen-bond donors (Lipinski definition) is 2. The Morgan fingerprint density at radius 3 is 2.56 bits per heavy atom. The van der Waals surface area contributed by atoms with Gasteiger partial charge in [-0.1, -0.05) is 0 Å². The van der Waals surface area contributed by atoms with E-state index < -0.39 is 23.6 Å². The molecule has 1 aliphatic heterocycles. The molecule has 0 saturated carbocycles. The molecule has 1 unspecified atom stereocenters. The molecule has 0 bridgehead atoms. The van der Waals surface area contributed by atoms with Crippen LogP contribution in [0.2, 0.25) is 0 Å². The standard InChI is InChI=1S/C17H23F2N3O3/c1-11(17(25)20-15-4-3-12(18)9-14(15)19)22-7-5-13(6-8-22)21(2)10-16(23)24/h3-4,9,11,13H,5-8,10H2,1-2H3,(H,20,25)(H,23,24). The third-order valence-electron chi connectivity index (χ3n) is 4.62. The zero-order valence-corrected chi connectivity index (χ0v) is 14.3. The van der Waals surface area contributed by atoms with Gasteiger partial charge in [-0.3, -0.25) is 19.4 Å². The van der Waals surface area contributed by atoms with Crippen molar-refractivity contribution in [2.24, 2.45) is 0 Å². The molecule has 0 aromatic heterocycles. The van der Waals surface area contributed by atoms with Gasteiger partial charge in [0, 0.05) is 25.2 Å². The van der Waals surface area contributed by atoms with Gasteiger partial charge >= 0.3 is 5.97 Å². The Morgan fingerprint density at radius 1 is 1.36 bits per heavy atom. The summed E-state index contributed by atoms with van der Waals surface area (Å²) in [6.07, 6.45) is 1.51. The molecule has 2 rings (SSSR count). The Morgan fingerprint density at radius 2 is 2.00 bits per heavy atom. The van der Waals surface area contributed by atoms with Crippen molar-refractivity contribution in [1.82, 2.24) is 9.80 Å². The molecule has 8 heteroatoms. The molecule has 1 amide bonds. The lowest BCUT2D eigenvalue weighted by Gasteiger charge is -2.38. The van der Waals surface area contributed by atoms with Crippen LogP contribution >= 0.6 is 0 Å². The summed E-state index contributed by atoms with van der Waals surface area (Å²) in [5, 5.41) is 11.3. The largest absolute Gasteiger partial charge is 0.480 e. The predicted octanol–water partition coefficient (Wildman–Crippen LogP) is 1.77. The second kappa shape index (κ2) is 8.35. The van der Waals surface area contributed by atoms with E-state index in [0.717, 1.165) is 25.0 Å². The summed E-state index contributed by atoms with van der Waals surface area (Å²) in [6.45, 7) is 3.02. The molecule has 0 radical (unpaired) electrons. The number of halogens is 2. The second-order valence-corrected chi connectivity index (χ2v) is 6.37. The molecule has 25 heavy (non-hydrogen) atoms. The first kappa shape index (κ1) is 19.3. The molecule has 1 atom stereocenters. The first-order valence-corrected chi connectivity index (χ1v) is 8.20. The highest BCUT2D eigenvalue weighted by Crippen LogP contribution is 2.19. The minimum atomic E-state index is -0.862. The van der Waals surface area contributed by atoms with E-state index in [4.69, 9.17) is 5.11 Å². The van der Waals surface area contributed by atoms with Gasteiger partial charge in [0.25, 0.3) is 0 Å². The van der Waals surface area contributed by atoms with E-state index in [0.29, 0.717) is 13.1 Å². The van der Waals surface area contributed by atoms with Gasteiger partial charge in [0.15, 0.2) is 0 Å². The third-order valence-corrected chi connectivity index (χ3v) is 4.62. The maximum atomic E-state index is 13.6. The lowest BCUT2D eigenvalue weighted by molar-refractivity contribution is -0.138. The van der Waals surface area contributed by atoms with Crippen LogP contribution in [0.25, 0.3) is 0 Å². The molecule has 0 spiro atoms. The Kier molecular flexibility index (Phi) is 6.44. The van der Waals surface area contributed by atoms with Crippen molar-refractivity contribution < 1.29 is 23.5 Å². The summed E-state index contributed by atoms with van der Waals surface area (Å²) in [5.41, 5.74) is -0.0469. The number of carboxylic acids is 1. The molecule has 1 aromatic carbocycles. The SMILES string of the molecule is CC(C(=O)Nc1ccc(F)cc1F)N1CCC(N(C)CC(=O)O)CC1. The summed E-state index contributed by atoms with van der Waals surface area (Å²) in [4.78, 5) is 26.9. The summed E-state index contributed by atoms with van der Waals surface area (Å²) in [6, 6.07) is 2.71. The van der Waals surface area contributed by atoms with E-state index in [1.807, 2.05) is 4.90 Å². The Bertz CT molecular complexity index is 634. The van der Waals surface area contributed by atoms with Crippen LogP contribution in [0.3, 0.4) is 0 Å². The highest BCUT2D eigenvalue weighted by Gasteiger charge is 2.29. The molecule has 1 aromatic rings. The van der Waals surface area contributed by atoms with Gasteiger partial charge in [-0.15, -0.1) is 0 Å². The van der Waals surface area contributed by atoms with Gasteiger partial charge in [0.2, 0.25) is 5.91 Å². The molecule has 1 fully saturated rings. The number of likely N-dealkylation sites (tertiary alicyclic amines) is 1. The van der Waals surface area contributed by atoms with Crippen molar-refractivity contribution in [1.29, 1.82) is 0 Å². The zero-order chi connectivity index (χ0) is 18.6. The van der Waals surface area contributed by atoms with Gasteiger partial charge in [-0.25, -0.2) is 8.78 Å². The zero-order valence-electron chi connectivity index (χ0n) is 14.3. The van der Waals surface area contributed by atoms with Crippen LogP contribution in [0, 0.1) is 11.6 Å². The van der Waals surface area contributed by atoms with Crippen molar-refractivity contribution in [3.8, 4) is 0 Å². The third kappa shape index (κ3) is 5.20. The number of nitrogens with zero attached hydrogens (tertiary/aromatic N) is 2. The summed E-state index contributed by atoms with van der Waals surface area (Å²) in [7, 11) is 1.78. The number of carboxylic acid groups (broad SMARTS) is 1. The normalized spacial score (nSPS) is 17.5. The Hall–Kier alpha value is -2.06. The van der Waals surface area contributed by atoms with Gasteiger partial charge in [-0.05, 0) is 38.9 Å². The maximum Gasteiger partial charge on any atom is 0.317 e. The Balaban J connectivity index is 1.88.